The van der Waals surface area contributed by atoms with Gasteiger partial charge in [-0.05, 0) is 36.5 Å². The zero-order valence-corrected chi connectivity index (χ0v) is 17.5. The van der Waals surface area contributed by atoms with Crippen LogP contribution in [0.1, 0.15) is 57.2 Å². The van der Waals surface area contributed by atoms with E-state index >= 15 is 0 Å². The van der Waals surface area contributed by atoms with Gasteiger partial charge in [-0.25, -0.2) is 9.07 Å². The molecule has 0 saturated carbocycles. The Balaban J connectivity index is 2.24. The van der Waals surface area contributed by atoms with Gasteiger partial charge in [0.1, 0.15) is 6.67 Å². The largest absolute Gasteiger partial charge is 0.346 e. The molecule has 0 aliphatic heterocycles. The van der Waals surface area contributed by atoms with Crippen LogP contribution in [0.25, 0.3) is 0 Å². The van der Waals surface area contributed by atoms with Gasteiger partial charge in [0, 0.05) is 11.8 Å². The van der Waals surface area contributed by atoms with Crippen molar-refractivity contribution in [2.24, 2.45) is 0 Å². The van der Waals surface area contributed by atoms with Crippen molar-refractivity contribution in [3.63, 3.8) is 0 Å². The monoisotopic (exact) mass is 401 g/mol. The molecule has 2 aromatic rings. The lowest BCUT2D eigenvalue weighted by molar-refractivity contribution is -0.128. The Hall–Kier alpha value is -2.83. The first-order valence-electron chi connectivity index (χ1n) is 9.59. The first kappa shape index (κ1) is 22.5. The molecule has 0 radical (unpaired) electrons. The standard InChI is InChI=1S/C22H28FN3O3/c1-14(20(28)25-15(2)19(27)12-23)18-9-10-24-26(21(18)29)13-16-7-6-8-17(11-16)22(3,4)5/h6-11,14-15H,12-13H2,1-5H3,(H,25,28). The summed E-state index contributed by atoms with van der Waals surface area (Å²) in [5, 5.41) is 6.59. The predicted octanol–water partition coefficient (Wildman–Crippen LogP) is 2.74. The minimum atomic E-state index is -1.15. The summed E-state index contributed by atoms with van der Waals surface area (Å²) in [5.41, 5.74) is 1.96. The summed E-state index contributed by atoms with van der Waals surface area (Å²) in [4.78, 5) is 36.6. The average Bonchev–Trinajstić information content (AvgIpc) is 2.67. The topological polar surface area (TPSA) is 81.1 Å². The molecule has 0 saturated heterocycles. The number of halogens is 1. The summed E-state index contributed by atoms with van der Waals surface area (Å²) in [7, 11) is 0. The molecule has 0 aliphatic carbocycles. The number of hydrogen-bond acceptors (Lipinski definition) is 4. The van der Waals surface area contributed by atoms with E-state index in [4.69, 9.17) is 0 Å². The van der Waals surface area contributed by atoms with Crippen LogP contribution in [0.5, 0.6) is 0 Å². The number of aromatic nitrogens is 2. The van der Waals surface area contributed by atoms with Gasteiger partial charge in [0.2, 0.25) is 5.91 Å². The van der Waals surface area contributed by atoms with Gasteiger partial charge in [0.05, 0.1) is 18.5 Å². The fourth-order valence-electron chi connectivity index (χ4n) is 2.89. The van der Waals surface area contributed by atoms with Crippen molar-refractivity contribution >= 4 is 11.7 Å². The molecule has 2 rings (SSSR count). The van der Waals surface area contributed by atoms with Gasteiger partial charge in [-0.3, -0.25) is 14.4 Å². The maximum Gasteiger partial charge on any atom is 0.271 e. The summed E-state index contributed by atoms with van der Waals surface area (Å²) in [6.07, 6.45) is 1.48. The molecule has 6 nitrogen and oxygen atoms in total. The maximum atomic E-state index is 12.9. The lowest BCUT2D eigenvalue weighted by Crippen LogP contribution is -2.42. The number of benzene rings is 1. The number of rotatable bonds is 7. The predicted molar refractivity (Wildman–Crippen MR) is 110 cm³/mol. The fourth-order valence-corrected chi connectivity index (χ4v) is 2.89. The number of carbonyl (C=O) groups excluding carboxylic acids is 2. The SMILES string of the molecule is CC(NC(=O)C(C)c1ccnn(Cc2cccc(C(C)(C)C)c2)c1=O)C(=O)CF. The van der Waals surface area contributed by atoms with E-state index in [1.54, 1.807) is 6.92 Å². The Morgan fingerprint density at radius 2 is 1.90 bits per heavy atom. The van der Waals surface area contributed by atoms with Crippen molar-refractivity contribution in [2.45, 2.75) is 58.5 Å². The van der Waals surface area contributed by atoms with Crippen molar-refractivity contribution < 1.29 is 14.0 Å². The Kier molecular flexibility index (Phi) is 7.06. The van der Waals surface area contributed by atoms with Crippen molar-refractivity contribution in [1.82, 2.24) is 15.1 Å². The fraction of sp³-hybridized carbons (Fsp3) is 0.455. The second kappa shape index (κ2) is 9.11. The summed E-state index contributed by atoms with van der Waals surface area (Å²) in [5.74, 6) is -2.02. The highest BCUT2D eigenvalue weighted by atomic mass is 19.1. The van der Waals surface area contributed by atoms with Gasteiger partial charge < -0.3 is 5.32 Å². The molecule has 0 fully saturated rings. The van der Waals surface area contributed by atoms with Gasteiger partial charge in [-0.2, -0.15) is 5.10 Å². The minimum absolute atomic E-state index is 0.0173. The Labute approximate surface area is 170 Å². The molecule has 156 valence electrons. The summed E-state index contributed by atoms with van der Waals surface area (Å²) >= 11 is 0. The maximum absolute atomic E-state index is 12.9. The van der Waals surface area contributed by atoms with E-state index in [9.17, 15) is 18.8 Å². The molecule has 1 heterocycles. The molecule has 1 aromatic carbocycles. The summed E-state index contributed by atoms with van der Waals surface area (Å²) in [6, 6.07) is 8.51. The number of amides is 1. The van der Waals surface area contributed by atoms with Crippen LogP contribution in [-0.4, -0.2) is 34.2 Å². The van der Waals surface area contributed by atoms with Gasteiger partial charge >= 0.3 is 0 Å². The molecule has 1 N–H and O–H groups in total. The third-order valence-corrected chi connectivity index (χ3v) is 4.90. The van der Waals surface area contributed by atoms with Crippen LogP contribution >= 0.6 is 0 Å². The molecule has 0 bridgehead atoms. The first-order chi connectivity index (χ1) is 13.5. The summed E-state index contributed by atoms with van der Waals surface area (Å²) in [6.45, 7) is 8.47. The van der Waals surface area contributed by atoms with Crippen LogP contribution < -0.4 is 10.9 Å². The van der Waals surface area contributed by atoms with Crippen LogP contribution in [0.15, 0.2) is 41.3 Å². The molecule has 1 aromatic heterocycles. The van der Waals surface area contributed by atoms with Crippen molar-refractivity contribution in [3.05, 3.63) is 63.6 Å². The van der Waals surface area contributed by atoms with Gasteiger partial charge in [0.15, 0.2) is 5.78 Å². The summed E-state index contributed by atoms with van der Waals surface area (Å²) < 4.78 is 13.8. The molecule has 1 amide bonds. The number of Topliss-reactive ketones (excluding diaryl/α,β-unsaturated/α-hetero) is 1. The average molecular weight is 401 g/mol. The van der Waals surface area contributed by atoms with Crippen molar-refractivity contribution in [3.8, 4) is 0 Å². The third-order valence-electron chi connectivity index (χ3n) is 4.90. The van der Waals surface area contributed by atoms with E-state index in [-0.39, 0.29) is 23.1 Å². The number of carbonyl (C=O) groups is 2. The molecular weight excluding hydrogens is 373 g/mol. The molecular formula is C22H28FN3O3. The van der Waals surface area contributed by atoms with E-state index in [0.29, 0.717) is 0 Å². The van der Waals surface area contributed by atoms with Crippen LogP contribution in [0.4, 0.5) is 4.39 Å². The van der Waals surface area contributed by atoms with Crippen molar-refractivity contribution in [1.29, 1.82) is 0 Å². The second-order valence-corrected chi connectivity index (χ2v) is 8.25. The zero-order valence-electron chi connectivity index (χ0n) is 17.5. The number of alkyl halides is 1. The lowest BCUT2D eigenvalue weighted by Gasteiger charge is -2.20. The number of nitrogens with one attached hydrogen (secondary N) is 1. The highest BCUT2D eigenvalue weighted by Gasteiger charge is 2.23. The van der Waals surface area contributed by atoms with Crippen molar-refractivity contribution in [2.75, 3.05) is 6.67 Å². The number of hydrogen-bond donors (Lipinski definition) is 1. The molecule has 2 unspecified atom stereocenters. The first-order valence-corrected chi connectivity index (χ1v) is 9.59. The lowest BCUT2D eigenvalue weighted by atomic mass is 9.86. The van der Waals surface area contributed by atoms with Gasteiger partial charge in [-0.1, -0.05) is 45.0 Å². The van der Waals surface area contributed by atoms with E-state index in [0.717, 1.165) is 11.1 Å². The highest BCUT2D eigenvalue weighted by Crippen LogP contribution is 2.23. The Bertz CT molecular complexity index is 947. The van der Waals surface area contributed by atoms with Gasteiger partial charge in [0.25, 0.3) is 5.56 Å². The number of nitrogens with zero attached hydrogens (tertiary/aromatic N) is 2. The Morgan fingerprint density at radius 3 is 2.52 bits per heavy atom. The van der Waals surface area contributed by atoms with Crippen LogP contribution in [0.2, 0.25) is 0 Å². The highest BCUT2D eigenvalue weighted by molar-refractivity contribution is 5.91. The minimum Gasteiger partial charge on any atom is -0.346 e. The quantitative estimate of drug-likeness (QED) is 0.774. The van der Waals surface area contributed by atoms with Crippen LogP contribution in [-0.2, 0) is 21.5 Å². The van der Waals surface area contributed by atoms with Crippen LogP contribution in [0.3, 0.4) is 0 Å². The molecule has 0 aliphatic rings. The third kappa shape index (κ3) is 5.59. The molecule has 2 atom stereocenters. The van der Waals surface area contributed by atoms with E-state index in [1.807, 2.05) is 24.3 Å². The van der Waals surface area contributed by atoms with Gasteiger partial charge in [-0.15, -0.1) is 0 Å². The second-order valence-electron chi connectivity index (χ2n) is 8.25. The molecule has 29 heavy (non-hydrogen) atoms. The Morgan fingerprint density at radius 1 is 1.21 bits per heavy atom. The molecule has 0 spiro atoms. The smallest absolute Gasteiger partial charge is 0.271 e. The van der Waals surface area contributed by atoms with E-state index in [1.165, 1.54) is 23.9 Å². The number of ketones is 1. The van der Waals surface area contributed by atoms with E-state index in [2.05, 4.69) is 31.2 Å². The molecule has 7 heteroatoms. The normalized spacial score (nSPS) is 13.6. The zero-order chi connectivity index (χ0) is 21.8. The van der Waals surface area contributed by atoms with E-state index < -0.39 is 30.3 Å². The van der Waals surface area contributed by atoms with Crippen LogP contribution in [0, 0.1) is 0 Å².